The third-order valence-corrected chi connectivity index (χ3v) is 4.03. The normalized spacial score (nSPS) is 12.8. The number of fused-ring (bicyclic) bond motifs is 1. The molecule has 1 aromatic carbocycles. The highest BCUT2D eigenvalue weighted by Crippen LogP contribution is 2.36. The van der Waals surface area contributed by atoms with Gasteiger partial charge in [0.2, 0.25) is 5.82 Å². The highest BCUT2D eigenvalue weighted by Gasteiger charge is 2.38. The zero-order valence-corrected chi connectivity index (χ0v) is 14.1. The quantitative estimate of drug-likeness (QED) is 0.602. The van der Waals surface area contributed by atoms with Crippen LogP contribution in [0.2, 0.25) is 5.02 Å². The Hall–Kier alpha value is -2.83. The van der Waals surface area contributed by atoms with Gasteiger partial charge < -0.3 is 9.55 Å². The lowest BCUT2D eigenvalue weighted by Crippen LogP contribution is -2.36. The van der Waals surface area contributed by atoms with Crippen LogP contribution in [0, 0.1) is 5.82 Å². The van der Waals surface area contributed by atoms with E-state index < -0.39 is 62.7 Å². The number of rotatable bonds is 1. The molecule has 150 valence electrons. The van der Waals surface area contributed by atoms with Crippen LogP contribution in [-0.4, -0.2) is 19.1 Å². The largest absolute Gasteiger partial charge is 0.449 e. The molecule has 2 aromatic heterocycles. The highest BCUT2D eigenvalue weighted by molar-refractivity contribution is 6.35. The van der Waals surface area contributed by atoms with Gasteiger partial charge in [0.25, 0.3) is 5.56 Å². The number of hydrogen-bond acceptors (Lipinski definition) is 3. The lowest BCUT2D eigenvalue weighted by molar-refractivity contribution is -0.146. The molecule has 0 unspecified atom stereocenters. The first-order valence-corrected chi connectivity index (χ1v) is 7.47. The predicted molar refractivity (Wildman–Crippen MR) is 81.9 cm³/mol. The van der Waals surface area contributed by atoms with Crippen LogP contribution < -0.4 is 11.2 Å². The summed E-state index contributed by atoms with van der Waals surface area (Å²) in [5.41, 5.74) is -7.42. The molecule has 6 nitrogen and oxygen atoms in total. The van der Waals surface area contributed by atoms with E-state index in [4.69, 9.17) is 11.6 Å². The number of benzene rings is 1. The summed E-state index contributed by atoms with van der Waals surface area (Å²) in [7, 11) is 0.908. The van der Waals surface area contributed by atoms with E-state index in [1.165, 1.54) is 4.98 Å². The zero-order chi connectivity index (χ0) is 21.2. The van der Waals surface area contributed by atoms with Crippen LogP contribution in [0.1, 0.15) is 11.5 Å². The van der Waals surface area contributed by atoms with Crippen LogP contribution in [0.15, 0.2) is 21.7 Å². The Morgan fingerprint density at radius 3 is 2.18 bits per heavy atom. The van der Waals surface area contributed by atoms with Crippen LogP contribution in [0.5, 0.6) is 0 Å². The average Bonchev–Trinajstić information content (AvgIpc) is 2.86. The lowest BCUT2D eigenvalue weighted by Gasteiger charge is -2.11. The van der Waals surface area contributed by atoms with Gasteiger partial charge in [-0.25, -0.2) is 18.7 Å². The fourth-order valence-corrected chi connectivity index (χ4v) is 2.94. The molecule has 0 atom stereocenters. The van der Waals surface area contributed by atoms with Crippen molar-refractivity contribution < 1.29 is 30.7 Å². The lowest BCUT2D eigenvalue weighted by atomic mass is 10.2. The second kappa shape index (κ2) is 6.09. The van der Waals surface area contributed by atoms with E-state index in [1.807, 2.05) is 0 Å². The summed E-state index contributed by atoms with van der Waals surface area (Å²) in [5, 5.41) is -0.516. The topological polar surface area (TPSA) is 72.7 Å². The van der Waals surface area contributed by atoms with E-state index in [2.05, 4.69) is 4.98 Å². The summed E-state index contributed by atoms with van der Waals surface area (Å²) in [4.78, 5) is 28.6. The predicted octanol–water partition coefficient (Wildman–Crippen LogP) is 3.24. The van der Waals surface area contributed by atoms with Crippen molar-refractivity contribution in [3.63, 3.8) is 0 Å². The molecular weight excluding hydrogens is 425 g/mol. The van der Waals surface area contributed by atoms with Gasteiger partial charge in [-0.05, 0) is 6.07 Å². The maximum atomic E-state index is 14.4. The first-order valence-electron chi connectivity index (χ1n) is 7.09. The smallest absolute Gasteiger partial charge is 0.322 e. The van der Waals surface area contributed by atoms with Crippen LogP contribution in [0.25, 0.3) is 16.7 Å². The Bertz CT molecular complexity index is 1190. The molecule has 0 aliphatic rings. The SMILES string of the molecule is Cn1c(C(F)(F)F)nc2c(-n3c(=O)cc(C(F)(F)F)[nH]c3=O)c(F)cc(Cl)c21. The van der Waals surface area contributed by atoms with Gasteiger partial charge in [-0.1, -0.05) is 11.6 Å². The van der Waals surface area contributed by atoms with Crippen LogP contribution in [-0.2, 0) is 19.4 Å². The molecule has 0 saturated heterocycles. The standard InChI is InChI=1S/C14H6ClF7N4O2/c1-25-9-4(15)2-5(16)10(8(9)24-11(25)14(20,21)22)26-7(27)3-6(13(17,18)19)23-12(26)28/h2-3H,1H3,(H,23,28). The molecule has 14 heteroatoms. The number of halogens is 8. The number of aryl methyl sites for hydroxylation is 1. The van der Waals surface area contributed by atoms with Gasteiger partial charge in [-0.15, -0.1) is 0 Å². The van der Waals surface area contributed by atoms with Crippen molar-refractivity contribution in [2.45, 2.75) is 12.4 Å². The van der Waals surface area contributed by atoms with Crippen molar-refractivity contribution in [2.75, 3.05) is 0 Å². The Morgan fingerprint density at radius 1 is 1.07 bits per heavy atom. The number of aromatic amines is 1. The van der Waals surface area contributed by atoms with Crippen LogP contribution in [0.3, 0.4) is 0 Å². The molecule has 0 saturated carbocycles. The third kappa shape index (κ3) is 3.04. The number of nitrogens with zero attached hydrogens (tertiary/aromatic N) is 3. The maximum absolute atomic E-state index is 14.4. The molecule has 3 aromatic rings. The van der Waals surface area contributed by atoms with Crippen molar-refractivity contribution in [1.82, 2.24) is 19.1 Å². The number of alkyl halides is 6. The summed E-state index contributed by atoms with van der Waals surface area (Å²) < 4.78 is 92.3. The fourth-order valence-electron chi connectivity index (χ4n) is 2.62. The number of hydrogen-bond donors (Lipinski definition) is 1. The van der Waals surface area contributed by atoms with Crippen molar-refractivity contribution in [3.05, 3.63) is 55.3 Å². The van der Waals surface area contributed by atoms with E-state index in [-0.39, 0.29) is 10.6 Å². The summed E-state index contributed by atoms with van der Waals surface area (Å²) >= 11 is 5.76. The molecule has 3 rings (SSSR count). The monoisotopic (exact) mass is 430 g/mol. The average molecular weight is 431 g/mol. The minimum absolute atomic E-state index is 0.0328. The van der Waals surface area contributed by atoms with E-state index >= 15 is 0 Å². The minimum Gasteiger partial charge on any atom is -0.322 e. The molecule has 0 bridgehead atoms. The first kappa shape index (κ1) is 19.9. The van der Waals surface area contributed by atoms with E-state index in [0.29, 0.717) is 10.6 Å². The maximum Gasteiger partial charge on any atom is 0.449 e. The van der Waals surface area contributed by atoms with Crippen molar-refractivity contribution in [2.24, 2.45) is 7.05 Å². The molecular formula is C14H6ClF7N4O2. The van der Waals surface area contributed by atoms with E-state index in [0.717, 1.165) is 7.05 Å². The second-order valence-electron chi connectivity index (χ2n) is 5.54. The van der Waals surface area contributed by atoms with Crippen LogP contribution in [0.4, 0.5) is 30.7 Å². The Labute approximate surface area is 153 Å². The van der Waals surface area contributed by atoms with Gasteiger partial charge >= 0.3 is 18.0 Å². The summed E-state index contributed by atoms with van der Waals surface area (Å²) in [6.45, 7) is 0. The Morgan fingerprint density at radius 2 is 1.68 bits per heavy atom. The van der Waals surface area contributed by atoms with Crippen molar-refractivity contribution in [1.29, 1.82) is 0 Å². The fraction of sp³-hybridized carbons (Fsp3) is 0.214. The van der Waals surface area contributed by atoms with Gasteiger partial charge in [-0.3, -0.25) is 4.79 Å². The van der Waals surface area contributed by atoms with Gasteiger partial charge in [0, 0.05) is 13.1 Å². The summed E-state index contributed by atoms with van der Waals surface area (Å²) in [6.07, 6.45) is -10.1. The molecule has 0 fully saturated rings. The number of H-pyrrole nitrogens is 1. The Kier molecular flexibility index (Phi) is 4.33. The number of aromatic nitrogens is 4. The highest BCUT2D eigenvalue weighted by atomic mass is 35.5. The van der Waals surface area contributed by atoms with Gasteiger partial charge in [0.15, 0.2) is 5.82 Å². The molecule has 0 amide bonds. The summed E-state index contributed by atoms with van der Waals surface area (Å²) in [5.74, 6) is -2.95. The van der Waals surface area contributed by atoms with Gasteiger partial charge in [0.05, 0.1) is 10.5 Å². The van der Waals surface area contributed by atoms with Crippen LogP contribution >= 0.6 is 11.6 Å². The molecule has 0 aliphatic carbocycles. The summed E-state index contributed by atoms with van der Waals surface area (Å²) in [6, 6.07) is 0.486. The van der Waals surface area contributed by atoms with E-state index in [1.54, 1.807) is 0 Å². The number of imidazole rings is 1. The molecule has 28 heavy (non-hydrogen) atoms. The van der Waals surface area contributed by atoms with Gasteiger partial charge in [-0.2, -0.15) is 26.3 Å². The minimum atomic E-state index is -5.08. The Balaban J connectivity index is 2.46. The molecule has 2 heterocycles. The molecule has 0 spiro atoms. The third-order valence-electron chi connectivity index (χ3n) is 3.74. The first-order chi connectivity index (χ1) is 12.7. The zero-order valence-electron chi connectivity index (χ0n) is 13.3. The second-order valence-corrected chi connectivity index (χ2v) is 5.94. The molecule has 1 N–H and O–H groups in total. The van der Waals surface area contributed by atoms with Crippen molar-refractivity contribution in [3.8, 4) is 5.69 Å². The molecule has 0 aliphatic heterocycles. The number of nitrogens with one attached hydrogen (secondary N) is 1. The van der Waals surface area contributed by atoms with Crippen molar-refractivity contribution >= 4 is 22.6 Å². The van der Waals surface area contributed by atoms with E-state index in [9.17, 15) is 40.3 Å². The molecule has 0 radical (unpaired) electrons. The van der Waals surface area contributed by atoms with Gasteiger partial charge in [0.1, 0.15) is 16.9 Å².